The molecule has 1 saturated heterocycles. The number of rotatable bonds is 5. The first-order valence-electron chi connectivity index (χ1n) is 8.16. The number of para-hydroxylation sites is 2. The Morgan fingerprint density at radius 3 is 2.67 bits per heavy atom. The minimum Gasteiger partial charge on any atom is -0.486 e. The van der Waals surface area contributed by atoms with Crippen LogP contribution < -0.4 is 14.8 Å². The fourth-order valence-corrected chi connectivity index (χ4v) is 3.20. The van der Waals surface area contributed by atoms with E-state index in [1.54, 1.807) is 0 Å². The molecule has 3 rings (SSSR count). The van der Waals surface area contributed by atoms with Crippen molar-refractivity contribution in [3.8, 4) is 11.5 Å². The van der Waals surface area contributed by atoms with Gasteiger partial charge in [-0.15, -0.1) is 0 Å². The number of nitrogens with one attached hydrogen (secondary N) is 1. The lowest BCUT2D eigenvalue weighted by Gasteiger charge is -2.33. The number of benzene rings is 1. The monoisotopic (exact) mass is 290 g/mol. The number of ether oxygens (including phenoxy) is 2. The molecule has 0 saturated carbocycles. The molecule has 2 aliphatic heterocycles. The fraction of sp³-hybridized carbons (Fsp3) is 0.647. The maximum Gasteiger partial charge on any atom is 0.161 e. The lowest BCUT2D eigenvalue weighted by atomic mass is 9.97. The summed E-state index contributed by atoms with van der Waals surface area (Å²) < 4.78 is 11.9. The highest BCUT2D eigenvalue weighted by molar-refractivity contribution is 5.40. The van der Waals surface area contributed by atoms with Gasteiger partial charge in [-0.1, -0.05) is 19.1 Å². The number of likely N-dealkylation sites (N-methyl/N-ethyl adjacent to an activating group) is 1. The second kappa shape index (κ2) is 7.14. The smallest absolute Gasteiger partial charge is 0.161 e. The van der Waals surface area contributed by atoms with Crippen molar-refractivity contribution in [3.63, 3.8) is 0 Å². The van der Waals surface area contributed by atoms with Gasteiger partial charge in [0.15, 0.2) is 11.5 Å². The van der Waals surface area contributed by atoms with Gasteiger partial charge in [-0.3, -0.25) is 4.90 Å². The molecule has 0 amide bonds. The number of nitrogens with zero attached hydrogens (tertiary/aromatic N) is 1. The Labute approximate surface area is 127 Å². The molecule has 1 N–H and O–H groups in total. The lowest BCUT2D eigenvalue weighted by molar-refractivity contribution is 0.0540. The summed E-state index contributed by atoms with van der Waals surface area (Å²) in [6, 6.07) is 7.94. The van der Waals surface area contributed by atoms with Crippen molar-refractivity contribution in [3.05, 3.63) is 24.3 Å². The Bertz CT molecular complexity index is 446. The molecule has 0 bridgehead atoms. The second-order valence-corrected chi connectivity index (χ2v) is 6.04. The molecule has 0 aromatic heterocycles. The van der Waals surface area contributed by atoms with Crippen molar-refractivity contribution in [2.24, 2.45) is 5.92 Å². The third-order valence-corrected chi connectivity index (χ3v) is 4.45. The van der Waals surface area contributed by atoms with Crippen LogP contribution in [0.3, 0.4) is 0 Å². The van der Waals surface area contributed by atoms with E-state index in [0.717, 1.165) is 30.5 Å². The van der Waals surface area contributed by atoms with Crippen LogP contribution in [0.4, 0.5) is 0 Å². The van der Waals surface area contributed by atoms with Crippen LogP contribution in [-0.4, -0.2) is 50.3 Å². The third kappa shape index (κ3) is 3.89. The zero-order chi connectivity index (χ0) is 14.5. The molecule has 1 aromatic rings. The van der Waals surface area contributed by atoms with E-state index in [4.69, 9.17) is 9.47 Å². The van der Waals surface area contributed by atoms with Gasteiger partial charge in [0, 0.05) is 13.1 Å². The summed E-state index contributed by atoms with van der Waals surface area (Å²) in [5.41, 5.74) is 0. The molecule has 1 aromatic carbocycles. The zero-order valence-corrected chi connectivity index (χ0v) is 12.9. The van der Waals surface area contributed by atoms with Gasteiger partial charge < -0.3 is 14.8 Å². The minimum absolute atomic E-state index is 0.140. The summed E-state index contributed by atoms with van der Waals surface area (Å²) in [7, 11) is 0. The molecule has 0 radical (unpaired) electrons. The standard InChI is InChI=1S/C17H26N2O2/c1-2-19(11-14-7-9-18-10-8-14)12-15-13-20-16-5-3-4-6-17(16)21-15/h3-6,14-15,18H,2,7-13H2,1H3. The Kier molecular flexibility index (Phi) is 4.99. The topological polar surface area (TPSA) is 33.7 Å². The third-order valence-electron chi connectivity index (χ3n) is 4.45. The van der Waals surface area contributed by atoms with Gasteiger partial charge in [0.2, 0.25) is 0 Å². The van der Waals surface area contributed by atoms with Crippen LogP contribution in [0.1, 0.15) is 19.8 Å². The minimum atomic E-state index is 0.140. The fourth-order valence-electron chi connectivity index (χ4n) is 3.20. The van der Waals surface area contributed by atoms with Gasteiger partial charge in [-0.05, 0) is 50.5 Å². The highest BCUT2D eigenvalue weighted by Gasteiger charge is 2.24. The molecular weight excluding hydrogens is 264 g/mol. The Balaban J connectivity index is 1.52. The van der Waals surface area contributed by atoms with E-state index in [-0.39, 0.29) is 6.10 Å². The maximum atomic E-state index is 6.07. The Morgan fingerprint density at radius 1 is 1.14 bits per heavy atom. The molecular formula is C17H26N2O2. The average molecular weight is 290 g/mol. The van der Waals surface area contributed by atoms with Crippen molar-refractivity contribution >= 4 is 0 Å². The van der Waals surface area contributed by atoms with Crippen molar-refractivity contribution in [1.29, 1.82) is 0 Å². The number of piperidine rings is 1. The van der Waals surface area contributed by atoms with Gasteiger partial charge in [-0.2, -0.15) is 0 Å². The van der Waals surface area contributed by atoms with Gasteiger partial charge in [0.05, 0.1) is 0 Å². The molecule has 0 spiro atoms. The molecule has 4 nitrogen and oxygen atoms in total. The van der Waals surface area contributed by atoms with Crippen molar-refractivity contribution in [2.75, 3.05) is 39.3 Å². The molecule has 1 fully saturated rings. The summed E-state index contributed by atoms with van der Waals surface area (Å²) in [6.07, 6.45) is 2.73. The van der Waals surface area contributed by atoms with E-state index in [1.165, 1.54) is 32.5 Å². The van der Waals surface area contributed by atoms with Gasteiger partial charge in [0.25, 0.3) is 0 Å². The first kappa shape index (κ1) is 14.7. The quantitative estimate of drug-likeness (QED) is 0.901. The van der Waals surface area contributed by atoms with Crippen LogP contribution in [0.2, 0.25) is 0 Å². The van der Waals surface area contributed by atoms with Crippen molar-refractivity contribution < 1.29 is 9.47 Å². The highest BCUT2D eigenvalue weighted by atomic mass is 16.6. The Morgan fingerprint density at radius 2 is 1.90 bits per heavy atom. The van der Waals surface area contributed by atoms with Gasteiger partial charge in [0.1, 0.15) is 12.7 Å². The molecule has 116 valence electrons. The molecule has 4 heteroatoms. The largest absolute Gasteiger partial charge is 0.486 e. The average Bonchev–Trinajstić information content (AvgIpc) is 2.55. The van der Waals surface area contributed by atoms with Gasteiger partial charge in [-0.25, -0.2) is 0 Å². The van der Waals surface area contributed by atoms with Crippen LogP contribution in [0.15, 0.2) is 24.3 Å². The molecule has 1 atom stereocenters. The van der Waals surface area contributed by atoms with E-state index < -0.39 is 0 Å². The summed E-state index contributed by atoms with van der Waals surface area (Å²) >= 11 is 0. The number of hydrogen-bond donors (Lipinski definition) is 1. The van der Waals surface area contributed by atoms with Crippen LogP contribution in [0, 0.1) is 5.92 Å². The van der Waals surface area contributed by atoms with E-state index in [1.807, 2.05) is 24.3 Å². The second-order valence-electron chi connectivity index (χ2n) is 6.04. The molecule has 1 unspecified atom stereocenters. The summed E-state index contributed by atoms with van der Waals surface area (Å²) in [4.78, 5) is 2.51. The summed E-state index contributed by atoms with van der Waals surface area (Å²) in [5.74, 6) is 2.57. The van der Waals surface area contributed by atoms with Crippen LogP contribution in [0.25, 0.3) is 0 Å². The molecule has 21 heavy (non-hydrogen) atoms. The van der Waals surface area contributed by atoms with Gasteiger partial charge >= 0.3 is 0 Å². The first-order chi connectivity index (χ1) is 10.3. The lowest BCUT2D eigenvalue weighted by Crippen LogP contribution is -2.44. The summed E-state index contributed by atoms with van der Waals surface area (Å²) in [6.45, 7) is 8.43. The van der Waals surface area contributed by atoms with Crippen LogP contribution in [-0.2, 0) is 0 Å². The predicted molar refractivity (Wildman–Crippen MR) is 84.1 cm³/mol. The molecule has 2 heterocycles. The van der Waals surface area contributed by atoms with E-state index in [2.05, 4.69) is 17.1 Å². The van der Waals surface area contributed by atoms with E-state index >= 15 is 0 Å². The number of hydrogen-bond acceptors (Lipinski definition) is 4. The first-order valence-corrected chi connectivity index (χ1v) is 8.16. The SMILES string of the molecule is CCN(CC1CCNCC1)CC1COc2ccccc2O1. The number of fused-ring (bicyclic) bond motifs is 1. The predicted octanol–water partition coefficient (Wildman–Crippen LogP) is 2.15. The zero-order valence-electron chi connectivity index (χ0n) is 12.9. The normalized spacial score (nSPS) is 22.5. The van der Waals surface area contributed by atoms with E-state index in [9.17, 15) is 0 Å². The van der Waals surface area contributed by atoms with Crippen molar-refractivity contribution in [1.82, 2.24) is 10.2 Å². The van der Waals surface area contributed by atoms with Crippen molar-refractivity contribution in [2.45, 2.75) is 25.9 Å². The highest BCUT2D eigenvalue weighted by Crippen LogP contribution is 2.31. The summed E-state index contributed by atoms with van der Waals surface area (Å²) in [5, 5.41) is 3.44. The molecule has 2 aliphatic rings. The Hall–Kier alpha value is -1.26. The van der Waals surface area contributed by atoms with Crippen LogP contribution in [0.5, 0.6) is 11.5 Å². The molecule has 0 aliphatic carbocycles. The van der Waals surface area contributed by atoms with Crippen LogP contribution >= 0.6 is 0 Å². The maximum absolute atomic E-state index is 6.07. The van der Waals surface area contributed by atoms with E-state index in [0.29, 0.717) is 6.61 Å².